The number of anilines is 4. The average Bonchev–Trinajstić information content (AvgIpc) is 3.80. The fourth-order valence-corrected chi connectivity index (χ4v) is 12.0. The van der Waals surface area contributed by atoms with Crippen molar-refractivity contribution in [2.45, 2.75) is 115 Å². The Labute approximate surface area is 412 Å². The largest absolute Gasteiger partial charge is 0.462 e. The second-order valence-electron chi connectivity index (χ2n) is 20.6. The highest BCUT2D eigenvalue weighted by molar-refractivity contribution is 6.01. The van der Waals surface area contributed by atoms with Crippen LogP contribution in [0, 0.1) is 17.8 Å². The number of amides is 4. The Balaban J connectivity index is 0.650. The van der Waals surface area contributed by atoms with Gasteiger partial charge < -0.3 is 30.1 Å². The van der Waals surface area contributed by atoms with Crippen LogP contribution in [0.4, 0.5) is 23.1 Å². The number of piperazine rings is 2. The number of ether oxygens (including phenoxy) is 1. The van der Waals surface area contributed by atoms with Crippen molar-refractivity contribution in [3.8, 4) is 0 Å². The minimum absolute atomic E-state index is 0.0139. The van der Waals surface area contributed by atoms with Gasteiger partial charge in [0, 0.05) is 121 Å². The van der Waals surface area contributed by atoms with Crippen molar-refractivity contribution in [3.63, 3.8) is 0 Å². The number of benzene rings is 1. The Morgan fingerprint density at radius 1 is 0.800 bits per heavy atom. The topological polar surface area (TPSA) is 190 Å². The lowest BCUT2D eigenvalue weighted by molar-refractivity contribution is -0.143. The number of nitrogens with zero attached hydrogens (tertiary/aromatic N) is 9. The molecule has 0 spiro atoms. The third kappa shape index (κ3) is 12.3. The van der Waals surface area contributed by atoms with Gasteiger partial charge in [-0.2, -0.15) is 10.1 Å². The molecule has 70 heavy (non-hydrogen) atoms. The summed E-state index contributed by atoms with van der Waals surface area (Å²) in [5.74, 6) is 0.954. The number of esters is 1. The molecule has 2 aliphatic carbocycles. The first kappa shape index (κ1) is 49.4. The predicted molar refractivity (Wildman–Crippen MR) is 267 cm³/mol. The molecule has 0 bridgehead atoms. The highest BCUT2D eigenvalue weighted by Gasteiger charge is 2.37. The quantitative estimate of drug-likeness (QED) is 0.134. The van der Waals surface area contributed by atoms with E-state index in [1.54, 1.807) is 17.8 Å². The number of hydrogen-bond acceptors (Lipinski definition) is 14. The van der Waals surface area contributed by atoms with Crippen molar-refractivity contribution in [3.05, 3.63) is 54.0 Å². The van der Waals surface area contributed by atoms with Gasteiger partial charge in [0.15, 0.2) is 0 Å². The number of aryl methyl sites for hydroxylation is 1. The van der Waals surface area contributed by atoms with Crippen LogP contribution < -0.4 is 20.9 Å². The molecule has 4 aliphatic heterocycles. The lowest BCUT2D eigenvalue weighted by Gasteiger charge is -2.43. The zero-order chi connectivity index (χ0) is 48.6. The first-order valence-corrected chi connectivity index (χ1v) is 26.4. The van der Waals surface area contributed by atoms with E-state index < -0.39 is 5.97 Å². The molecule has 2 saturated carbocycles. The predicted octanol–water partition coefficient (Wildman–Crippen LogP) is 5.17. The van der Waals surface area contributed by atoms with Crippen LogP contribution in [0.25, 0.3) is 0 Å². The molecular formula is C52H74N12O6. The van der Waals surface area contributed by atoms with Crippen LogP contribution in [0.5, 0.6) is 0 Å². The third-order valence-electron chi connectivity index (χ3n) is 16.0. The Morgan fingerprint density at radius 3 is 2.19 bits per heavy atom. The molecule has 4 saturated heterocycles. The summed E-state index contributed by atoms with van der Waals surface area (Å²) in [6.07, 6.45) is 17.7. The third-order valence-corrected chi connectivity index (χ3v) is 16.0. The van der Waals surface area contributed by atoms with E-state index in [1.807, 2.05) is 25.4 Å². The van der Waals surface area contributed by atoms with Gasteiger partial charge in [-0.15, -0.1) is 0 Å². The Hall–Kier alpha value is -5.62. The Morgan fingerprint density at radius 2 is 1.51 bits per heavy atom. The second-order valence-corrected chi connectivity index (χ2v) is 20.6. The molecule has 2 aromatic heterocycles. The minimum atomic E-state index is -0.450. The van der Waals surface area contributed by atoms with Gasteiger partial charge in [-0.05, 0) is 121 Å². The molecule has 6 heterocycles. The lowest BCUT2D eigenvalue weighted by Crippen LogP contribution is -2.54. The molecule has 6 aliphatic rings. The van der Waals surface area contributed by atoms with Gasteiger partial charge in [0.25, 0.3) is 0 Å². The van der Waals surface area contributed by atoms with E-state index in [0.717, 1.165) is 154 Å². The van der Waals surface area contributed by atoms with Crippen LogP contribution in [0.3, 0.4) is 0 Å². The maximum atomic E-state index is 13.9. The summed E-state index contributed by atoms with van der Waals surface area (Å²) < 4.78 is 7.00. The van der Waals surface area contributed by atoms with Gasteiger partial charge >= 0.3 is 5.97 Å². The zero-order valence-corrected chi connectivity index (χ0v) is 41.4. The Bertz CT molecular complexity index is 2280. The van der Waals surface area contributed by atoms with Crippen LogP contribution in [0.1, 0.15) is 119 Å². The number of carbonyl (C=O) groups excluding carboxylic acids is 5. The molecule has 2 unspecified atom stereocenters. The van der Waals surface area contributed by atoms with Gasteiger partial charge in [-0.25, -0.2) is 9.78 Å². The molecule has 3 aromatic rings. The number of carbonyl (C=O) groups is 5. The van der Waals surface area contributed by atoms with Crippen LogP contribution in [0.15, 0.2) is 42.9 Å². The minimum Gasteiger partial charge on any atom is -0.462 e. The maximum Gasteiger partial charge on any atom is 0.343 e. The summed E-state index contributed by atoms with van der Waals surface area (Å²) >= 11 is 0. The maximum absolute atomic E-state index is 13.9. The van der Waals surface area contributed by atoms with Crippen LogP contribution in [0.2, 0.25) is 0 Å². The van der Waals surface area contributed by atoms with E-state index in [0.29, 0.717) is 48.0 Å². The van der Waals surface area contributed by atoms with Crippen LogP contribution in [-0.2, 0) is 31.0 Å². The highest BCUT2D eigenvalue weighted by atomic mass is 16.5. The van der Waals surface area contributed by atoms with Crippen molar-refractivity contribution in [2.75, 3.05) is 94.1 Å². The van der Waals surface area contributed by atoms with Gasteiger partial charge in [0.05, 0.1) is 24.4 Å². The number of hydrogen-bond donors (Lipinski definition) is 3. The number of rotatable bonds is 15. The van der Waals surface area contributed by atoms with E-state index in [4.69, 9.17) is 4.74 Å². The van der Waals surface area contributed by atoms with Crippen LogP contribution in [-0.4, -0.2) is 160 Å². The fourth-order valence-electron chi connectivity index (χ4n) is 12.0. The molecule has 378 valence electrons. The molecule has 9 rings (SSSR count). The number of aromatic nitrogens is 4. The fraction of sp³-hybridized carbons (Fsp3) is 0.654. The first-order valence-electron chi connectivity index (χ1n) is 26.4. The van der Waals surface area contributed by atoms with Crippen molar-refractivity contribution in [1.29, 1.82) is 0 Å². The summed E-state index contributed by atoms with van der Waals surface area (Å²) in [4.78, 5) is 85.2. The summed E-state index contributed by atoms with van der Waals surface area (Å²) in [5, 5.41) is 13.4. The lowest BCUT2D eigenvalue weighted by atomic mass is 9.80. The van der Waals surface area contributed by atoms with Gasteiger partial charge in [0.1, 0.15) is 11.4 Å². The summed E-state index contributed by atoms with van der Waals surface area (Å²) in [6.45, 7) is 12.1. The van der Waals surface area contributed by atoms with E-state index in [9.17, 15) is 24.0 Å². The summed E-state index contributed by atoms with van der Waals surface area (Å²) in [5.41, 5.74) is 3.22. The molecule has 18 nitrogen and oxygen atoms in total. The van der Waals surface area contributed by atoms with Crippen molar-refractivity contribution < 1.29 is 28.7 Å². The van der Waals surface area contributed by atoms with E-state index in [2.05, 4.69) is 67.6 Å². The SMILES string of the molecule is CCOC(=O)c1cnc(Nc2cnn(C)c2)nc1NC1CCC(N2CCN(C(=O)C3CCC(C(=O)N4CCCC(CCCN5CCN(c6ccc(C7CCC(=O)NC7=O)cc6)CC5)C4)CC3)CC2)CC1. The number of likely N-dealkylation sites (tertiary alicyclic amines) is 1. The van der Waals surface area contributed by atoms with E-state index in [-0.39, 0.29) is 48.1 Å². The average molecular weight is 963 g/mol. The molecule has 2 atom stereocenters. The monoisotopic (exact) mass is 963 g/mol. The second kappa shape index (κ2) is 23.1. The number of piperidine rings is 2. The molecule has 4 amide bonds. The molecule has 3 N–H and O–H groups in total. The summed E-state index contributed by atoms with van der Waals surface area (Å²) in [6, 6.07) is 8.92. The van der Waals surface area contributed by atoms with Gasteiger partial charge in [0.2, 0.25) is 29.6 Å². The van der Waals surface area contributed by atoms with E-state index in [1.165, 1.54) is 18.3 Å². The van der Waals surface area contributed by atoms with E-state index >= 15 is 0 Å². The molecule has 6 fully saturated rings. The first-order chi connectivity index (χ1) is 34.1. The zero-order valence-electron chi connectivity index (χ0n) is 41.4. The van der Waals surface area contributed by atoms with Crippen molar-refractivity contribution in [2.24, 2.45) is 24.8 Å². The molecule has 0 radical (unpaired) electrons. The highest BCUT2D eigenvalue weighted by Crippen LogP contribution is 2.35. The normalized spacial score (nSPS) is 26.1. The van der Waals surface area contributed by atoms with Gasteiger partial charge in [-0.1, -0.05) is 12.1 Å². The summed E-state index contributed by atoms with van der Waals surface area (Å²) in [7, 11) is 1.84. The van der Waals surface area contributed by atoms with Gasteiger partial charge in [-0.3, -0.25) is 39.0 Å². The standard InChI is InChI=1S/C52H74N12O6/c1-3-70-51(69)45-33-53-52(56-41-32-54-59(2)35-41)58-47(45)55-40-14-18-43(19-15-40)62-28-30-63(31-29-62)49(67)38-8-10-39(11-9-38)50(68)64-23-5-7-36(34-64)6-4-22-60-24-26-61(27-25-60)42-16-12-37(13-17-42)44-20-21-46(65)57-48(44)66/h12-13,16-17,32-33,35-36,38-40,43-44H,3-11,14-15,18-31,34H2,1-2H3,(H,57,65,66)(H2,53,55,56,58). The molecule has 1 aromatic carbocycles. The Kier molecular flexibility index (Phi) is 16.3. The van der Waals surface area contributed by atoms with Crippen molar-refractivity contribution in [1.82, 2.24) is 44.7 Å². The molecular weight excluding hydrogens is 889 g/mol. The smallest absolute Gasteiger partial charge is 0.343 e. The number of imide groups is 1. The molecule has 18 heteroatoms. The van der Waals surface area contributed by atoms with Crippen LogP contribution >= 0.6 is 0 Å². The number of nitrogens with one attached hydrogen (secondary N) is 3. The van der Waals surface area contributed by atoms with Crippen molar-refractivity contribution >= 4 is 52.7 Å².